The molecule has 0 heterocycles. The molecule has 64 valence electrons. The molecule has 0 spiro atoms. The molecule has 4 heteroatoms. The molecular formula is C7H9Cl3S. The first-order valence-corrected chi connectivity index (χ1v) is 5.72. The number of rotatable bonds is 4. The SMILES string of the molecule is Cl/C=C/CSCC1CC1(Cl)Cl. The van der Waals surface area contributed by atoms with Crippen LogP contribution in [0.2, 0.25) is 0 Å². The Morgan fingerprint density at radius 2 is 2.18 bits per heavy atom. The number of hydrogen-bond donors (Lipinski definition) is 0. The van der Waals surface area contributed by atoms with Crippen LogP contribution in [0.3, 0.4) is 0 Å². The third-order valence-electron chi connectivity index (χ3n) is 1.58. The second kappa shape index (κ2) is 4.27. The fraction of sp³-hybridized carbons (Fsp3) is 0.714. The first-order chi connectivity index (χ1) is 5.17. The maximum Gasteiger partial charge on any atom is 0.122 e. The molecule has 0 nitrogen and oxygen atoms in total. The van der Waals surface area contributed by atoms with Gasteiger partial charge in [0.25, 0.3) is 0 Å². The first-order valence-electron chi connectivity index (χ1n) is 3.37. The number of hydrogen-bond acceptors (Lipinski definition) is 1. The van der Waals surface area contributed by atoms with E-state index < -0.39 is 4.33 Å². The summed E-state index contributed by atoms with van der Waals surface area (Å²) in [6, 6.07) is 0. The van der Waals surface area contributed by atoms with Gasteiger partial charge >= 0.3 is 0 Å². The van der Waals surface area contributed by atoms with Crippen molar-refractivity contribution in [2.45, 2.75) is 10.8 Å². The summed E-state index contributed by atoms with van der Waals surface area (Å²) in [5.74, 6) is 2.47. The van der Waals surface area contributed by atoms with Gasteiger partial charge in [-0.15, -0.1) is 23.2 Å². The van der Waals surface area contributed by atoms with Gasteiger partial charge < -0.3 is 0 Å². The van der Waals surface area contributed by atoms with Gasteiger partial charge in [0.2, 0.25) is 0 Å². The van der Waals surface area contributed by atoms with Crippen LogP contribution in [0.25, 0.3) is 0 Å². The van der Waals surface area contributed by atoms with Crippen LogP contribution in [0.5, 0.6) is 0 Å². The molecule has 0 aliphatic heterocycles. The normalized spacial score (nSPS) is 27.7. The van der Waals surface area contributed by atoms with Crippen molar-refractivity contribution in [3.8, 4) is 0 Å². The Morgan fingerprint density at radius 3 is 2.64 bits per heavy atom. The third-order valence-corrected chi connectivity index (χ3v) is 3.75. The molecule has 0 aromatic rings. The highest BCUT2D eigenvalue weighted by molar-refractivity contribution is 7.99. The van der Waals surface area contributed by atoms with Gasteiger partial charge in [0, 0.05) is 17.2 Å². The van der Waals surface area contributed by atoms with Gasteiger partial charge in [-0.25, -0.2) is 0 Å². The van der Waals surface area contributed by atoms with E-state index in [1.165, 1.54) is 5.54 Å². The van der Waals surface area contributed by atoms with Crippen molar-refractivity contribution in [2.24, 2.45) is 5.92 Å². The highest BCUT2D eigenvalue weighted by atomic mass is 35.5. The molecule has 1 atom stereocenters. The second-order valence-electron chi connectivity index (χ2n) is 2.56. The highest BCUT2D eigenvalue weighted by Crippen LogP contribution is 2.54. The largest absolute Gasteiger partial charge is 0.157 e. The average Bonchev–Trinajstić information content (AvgIpc) is 2.52. The molecule has 1 unspecified atom stereocenters. The first kappa shape index (κ1) is 10.0. The lowest BCUT2D eigenvalue weighted by Gasteiger charge is -1.96. The van der Waals surface area contributed by atoms with Gasteiger partial charge in [0.05, 0.1) is 0 Å². The molecule has 1 rings (SSSR count). The maximum absolute atomic E-state index is 5.83. The van der Waals surface area contributed by atoms with Gasteiger partial charge in [0.15, 0.2) is 0 Å². The fourth-order valence-electron chi connectivity index (χ4n) is 0.765. The quantitative estimate of drug-likeness (QED) is 0.526. The Morgan fingerprint density at radius 1 is 1.55 bits per heavy atom. The molecule has 0 N–H and O–H groups in total. The van der Waals surface area contributed by atoms with Crippen molar-refractivity contribution in [3.63, 3.8) is 0 Å². The molecule has 0 bridgehead atoms. The van der Waals surface area contributed by atoms with E-state index in [0.717, 1.165) is 17.9 Å². The Kier molecular flexibility index (Phi) is 3.90. The maximum atomic E-state index is 5.83. The van der Waals surface area contributed by atoms with Crippen LogP contribution in [-0.2, 0) is 0 Å². The zero-order valence-electron chi connectivity index (χ0n) is 5.90. The predicted octanol–water partition coefficient (Wildman–Crippen LogP) is 3.67. The van der Waals surface area contributed by atoms with E-state index in [0.29, 0.717) is 5.92 Å². The molecule has 0 aromatic heterocycles. The summed E-state index contributed by atoms with van der Waals surface area (Å²) in [4.78, 5) is 0. The Balaban J connectivity index is 1.98. The van der Waals surface area contributed by atoms with Crippen LogP contribution in [0.1, 0.15) is 6.42 Å². The molecule has 11 heavy (non-hydrogen) atoms. The van der Waals surface area contributed by atoms with Crippen LogP contribution in [0.15, 0.2) is 11.6 Å². The monoisotopic (exact) mass is 230 g/mol. The highest BCUT2D eigenvalue weighted by Gasteiger charge is 2.50. The molecule has 0 amide bonds. The van der Waals surface area contributed by atoms with Crippen LogP contribution >= 0.6 is 46.6 Å². The number of alkyl halides is 2. The summed E-state index contributed by atoms with van der Waals surface area (Å²) in [6.07, 6.45) is 2.85. The van der Waals surface area contributed by atoms with Crippen molar-refractivity contribution in [1.82, 2.24) is 0 Å². The minimum absolute atomic E-state index is 0.419. The molecular weight excluding hydrogens is 223 g/mol. The summed E-state index contributed by atoms with van der Waals surface area (Å²) in [5, 5.41) is 0. The van der Waals surface area contributed by atoms with Crippen molar-refractivity contribution in [2.75, 3.05) is 11.5 Å². The number of halogens is 3. The van der Waals surface area contributed by atoms with Gasteiger partial charge in [-0.2, -0.15) is 11.8 Å². The van der Waals surface area contributed by atoms with Crippen molar-refractivity contribution >= 4 is 46.6 Å². The predicted molar refractivity (Wildman–Crippen MR) is 54.9 cm³/mol. The topological polar surface area (TPSA) is 0 Å². The molecule has 1 saturated carbocycles. The van der Waals surface area contributed by atoms with E-state index in [1.54, 1.807) is 0 Å². The van der Waals surface area contributed by atoms with Crippen LogP contribution in [-0.4, -0.2) is 15.8 Å². The van der Waals surface area contributed by atoms with E-state index >= 15 is 0 Å². The van der Waals surface area contributed by atoms with E-state index in [4.69, 9.17) is 34.8 Å². The summed E-state index contributed by atoms with van der Waals surface area (Å²) in [5.41, 5.74) is 1.54. The van der Waals surface area contributed by atoms with Gasteiger partial charge in [-0.3, -0.25) is 0 Å². The van der Waals surface area contributed by atoms with Gasteiger partial charge in [-0.05, 0) is 12.2 Å². The third kappa shape index (κ3) is 3.45. The summed E-state index contributed by atoms with van der Waals surface area (Å²) in [7, 11) is 0. The van der Waals surface area contributed by atoms with Crippen LogP contribution in [0, 0.1) is 5.92 Å². The number of thioether (sulfide) groups is 1. The summed E-state index contributed by atoms with van der Waals surface area (Å²) in [6.45, 7) is 0. The lowest BCUT2D eigenvalue weighted by atomic mass is 10.5. The Hall–Kier alpha value is 0.960. The Labute approximate surface area is 86.3 Å². The van der Waals surface area contributed by atoms with E-state index in [9.17, 15) is 0 Å². The van der Waals surface area contributed by atoms with Gasteiger partial charge in [-0.1, -0.05) is 17.7 Å². The average molecular weight is 232 g/mol. The van der Waals surface area contributed by atoms with Crippen molar-refractivity contribution in [1.29, 1.82) is 0 Å². The second-order valence-corrected chi connectivity index (χ2v) is 5.43. The van der Waals surface area contributed by atoms with Crippen LogP contribution < -0.4 is 0 Å². The van der Waals surface area contributed by atoms with Crippen molar-refractivity contribution < 1.29 is 0 Å². The molecule has 1 aliphatic carbocycles. The molecule has 1 fully saturated rings. The van der Waals surface area contributed by atoms with Crippen LogP contribution in [0.4, 0.5) is 0 Å². The fourth-order valence-corrected chi connectivity index (χ4v) is 2.72. The van der Waals surface area contributed by atoms with E-state index in [-0.39, 0.29) is 0 Å². The molecule has 0 aromatic carbocycles. The van der Waals surface area contributed by atoms with E-state index in [2.05, 4.69) is 0 Å². The van der Waals surface area contributed by atoms with Gasteiger partial charge in [0.1, 0.15) is 4.33 Å². The molecule has 1 aliphatic rings. The minimum Gasteiger partial charge on any atom is -0.157 e. The Bertz CT molecular complexity index is 156. The molecule has 0 saturated heterocycles. The lowest BCUT2D eigenvalue weighted by Crippen LogP contribution is -1.92. The lowest BCUT2D eigenvalue weighted by molar-refractivity contribution is 0.981. The summed E-state index contributed by atoms with van der Waals surface area (Å²) < 4.78 is -0.419. The van der Waals surface area contributed by atoms with E-state index in [1.807, 2.05) is 17.8 Å². The zero-order chi connectivity index (χ0) is 8.32. The zero-order valence-corrected chi connectivity index (χ0v) is 8.98. The van der Waals surface area contributed by atoms with Crippen molar-refractivity contribution in [3.05, 3.63) is 11.6 Å². The standard InChI is InChI=1S/C7H9Cl3S/c8-2-1-3-11-5-6-4-7(6,9)10/h1-2,6H,3-5H2/b2-1+. The smallest absolute Gasteiger partial charge is 0.122 e. The molecule has 0 radical (unpaired) electrons. The summed E-state index contributed by atoms with van der Waals surface area (Å²) >= 11 is 18.8. The minimum atomic E-state index is -0.419.